The van der Waals surface area contributed by atoms with Gasteiger partial charge in [-0.3, -0.25) is 9.55 Å². The van der Waals surface area contributed by atoms with Gasteiger partial charge in [-0.25, -0.2) is 9.78 Å². The fourth-order valence-corrected chi connectivity index (χ4v) is 2.68. The van der Waals surface area contributed by atoms with Gasteiger partial charge in [-0.05, 0) is 23.3 Å². The fourth-order valence-electron chi connectivity index (χ4n) is 2.68. The molecule has 5 heteroatoms. The summed E-state index contributed by atoms with van der Waals surface area (Å²) in [6, 6.07) is 10.1. The van der Waals surface area contributed by atoms with Gasteiger partial charge >= 0.3 is 6.03 Å². The molecule has 0 bridgehead atoms. The Bertz CT molecular complexity index is 854. The Hall–Kier alpha value is -2.95. The van der Waals surface area contributed by atoms with Crippen LogP contribution in [0.4, 0.5) is 4.79 Å². The number of benzene rings is 1. The number of fused-ring (bicyclic) bond motifs is 1. The molecular weight excluding hydrogens is 276 g/mol. The van der Waals surface area contributed by atoms with E-state index < -0.39 is 0 Å². The first-order valence-corrected chi connectivity index (χ1v) is 7.12. The van der Waals surface area contributed by atoms with Gasteiger partial charge in [0.15, 0.2) is 0 Å². The van der Waals surface area contributed by atoms with Gasteiger partial charge in [0.25, 0.3) is 0 Å². The molecule has 0 radical (unpaired) electrons. The number of aromatic nitrogens is 3. The van der Waals surface area contributed by atoms with Crippen molar-refractivity contribution >= 4 is 23.0 Å². The number of rotatable bonds is 1. The van der Waals surface area contributed by atoms with Crippen LogP contribution >= 0.6 is 0 Å². The number of hydrogen-bond donors (Lipinski definition) is 0. The summed E-state index contributed by atoms with van der Waals surface area (Å²) < 4.78 is 1.50. The van der Waals surface area contributed by atoms with Crippen LogP contribution in [-0.2, 0) is 0 Å². The molecule has 1 aliphatic heterocycles. The van der Waals surface area contributed by atoms with E-state index in [4.69, 9.17) is 0 Å². The minimum Gasteiger partial charge on any atom is -0.316 e. The predicted octanol–water partition coefficient (Wildman–Crippen LogP) is 2.80. The number of carbonyl (C=O) groups excluding carboxylic acids is 1. The van der Waals surface area contributed by atoms with Crippen LogP contribution in [0, 0.1) is 0 Å². The summed E-state index contributed by atoms with van der Waals surface area (Å²) in [7, 11) is 0. The van der Waals surface area contributed by atoms with Crippen LogP contribution in [0.25, 0.3) is 17.0 Å². The van der Waals surface area contributed by atoms with E-state index in [2.05, 4.69) is 28.2 Å². The van der Waals surface area contributed by atoms with Gasteiger partial charge < -0.3 is 4.90 Å². The first-order chi connectivity index (χ1) is 10.8. The lowest BCUT2D eigenvalue weighted by atomic mass is 10.0. The lowest BCUT2D eigenvalue weighted by Gasteiger charge is -2.34. The largest absolute Gasteiger partial charge is 0.329 e. The van der Waals surface area contributed by atoms with E-state index in [1.165, 1.54) is 16.5 Å². The van der Waals surface area contributed by atoms with Crippen LogP contribution in [-0.4, -0.2) is 38.6 Å². The lowest BCUT2D eigenvalue weighted by Crippen LogP contribution is -2.46. The van der Waals surface area contributed by atoms with Gasteiger partial charge in [-0.15, -0.1) is 0 Å². The van der Waals surface area contributed by atoms with E-state index in [0.29, 0.717) is 13.1 Å². The van der Waals surface area contributed by atoms with Crippen LogP contribution in [0.15, 0.2) is 60.8 Å². The summed E-state index contributed by atoms with van der Waals surface area (Å²) in [6.45, 7) is 1.32. The molecule has 0 saturated carbocycles. The fraction of sp³-hybridized carbons (Fsp3) is 0.118. The monoisotopic (exact) mass is 290 g/mol. The van der Waals surface area contributed by atoms with Gasteiger partial charge in [0.2, 0.25) is 0 Å². The van der Waals surface area contributed by atoms with E-state index in [-0.39, 0.29) is 6.03 Å². The smallest absolute Gasteiger partial charge is 0.316 e. The van der Waals surface area contributed by atoms with Crippen molar-refractivity contribution in [1.82, 2.24) is 19.4 Å². The van der Waals surface area contributed by atoms with Crippen molar-refractivity contribution in [2.75, 3.05) is 13.1 Å². The van der Waals surface area contributed by atoms with E-state index in [1.54, 1.807) is 23.5 Å². The molecule has 0 spiro atoms. The Morgan fingerprint density at radius 2 is 2.05 bits per heavy atom. The Labute approximate surface area is 127 Å². The molecule has 1 amide bonds. The quantitative estimate of drug-likeness (QED) is 0.692. The molecule has 1 aliphatic rings. The number of hydrogen-bond acceptors (Lipinski definition) is 3. The van der Waals surface area contributed by atoms with E-state index in [0.717, 1.165) is 16.5 Å². The number of imidazole rings is 1. The lowest BCUT2D eigenvalue weighted by molar-refractivity contribution is 0.193. The van der Waals surface area contributed by atoms with Crippen molar-refractivity contribution in [3.8, 4) is 0 Å². The third kappa shape index (κ3) is 2.16. The Kier molecular flexibility index (Phi) is 2.96. The normalized spacial score (nSPS) is 14.0. The first-order valence-electron chi connectivity index (χ1n) is 7.12. The van der Waals surface area contributed by atoms with E-state index in [1.807, 2.05) is 18.2 Å². The van der Waals surface area contributed by atoms with Crippen molar-refractivity contribution in [3.05, 3.63) is 66.4 Å². The van der Waals surface area contributed by atoms with Gasteiger partial charge in [0.1, 0.15) is 6.33 Å². The third-order valence-corrected chi connectivity index (χ3v) is 3.82. The summed E-state index contributed by atoms with van der Waals surface area (Å²) in [5, 5.41) is 1.14. The average molecular weight is 290 g/mol. The number of nitrogens with zero attached hydrogens (tertiary/aromatic N) is 4. The molecule has 108 valence electrons. The van der Waals surface area contributed by atoms with Crippen molar-refractivity contribution in [2.45, 2.75) is 0 Å². The molecule has 1 saturated heterocycles. The summed E-state index contributed by atoms with van der Waals surface area (Å²) in [6.07, 6.45) is 8.76. The zero-order valence-corrected chi connectivity index (χ0v) is 11.9. The maximum atomic E-state index is 12.1. The molecule has 0 aliphatic carbocycles. The molecule has 0 unspecified atom stereocenters. The molecule has 0 atom stereocenters. The summed E-state index contributed by atoms with van der Waals surface area (Å²) in [4.78, 5) is 22.2. The van der Waals surface area contributed by atoms with Gasteiger partial charge in [0, 0.05) is 37.1 Å². The molecule has 2 aromatic heterocycles. The highest BCUT2D eigenvalue weighted by Crippen LogP contribution is 2.23. The highest BCUT2D eigenvalue weighted by Gasteiger charge is 2.26. The molecule has 3 heterocycles. The molecule has 22 heavy (non-hydrogen) atoms. The molecule has 4 rings (SSSR count). The van der Waals surface area contributed by atoms with Crippen molar-refractivity contribution in [2.24, 2.45) is 0 Å². The van der Waals surface area contributed by atoms with Gasteiger partial charge in [-0.2, -0.15) is 0 Å². The minimum absolute atomic E-state index is 0.0331. The first kappa shape index (κ1) is 12.8. The topological polar surface area (TPSA) is 51.0 Å². The number of carbonyl (C=O) groups is 1. The minimum atomic E-state index is -0.0331. The van der Waals surface area contributed by atoms with Crippen LogP contribution in [0.2, 0.25) is 0 Å². The van der Waals surface area contributed by atoms with Crippen molar-refractivity contribution < 1.29 is 4.79 Å². The third-order valence-electron chi connectivity index (χ3n) is 3.82. The Morgan fingerprint density at radius 3 is 2.86 bits per heavy atom. The average Bonchev–Trinajstić information content (AvgIpc) is 3.04. The standard InChI is InChI=1S/C17H14N4O/c22-17(20-8-7-18-12-20)21-10-13(11-21)9-14-3-1-5-16-15(14)4-2-6-19-16/h1-9,12H,10-11H2. The second-order valence-corrected chi connectivity index (χ2v) is 5.33. The molecular formula is C17H14N4O. The number of pyridine rings is 1. The molecule has 1 aromatic carbocycles. The Balaban J connectivity index is 1.55. The van der Waals surface area contributed by atoms with Gasteiger partial charge in [0.05, 0.1) is 5.52 Å². The Morgan fingerprint density at radius 1 is 1.14 bits per heavy atom. The van der Waals surface area contributed by atoms with Crippen LogP contribution in [0.1, 0.15) is 5.56 Å². The maximum Gasteiger partial charge on any atom is 0.329 e. The van der Waals surface area contributed by atoms with Gasteiger partial charge in [-0.1, -0.05) is 24.3 Å². The second-order valence-electron chi connectivity index (χ2n) is 5.33. The zero-order valence-electron chi connectivity index (χ0n) is 11.9. The van der Waals surface area contributed by atoms with Crippen molar-refractivity contribution in [1.29, 1.82) is 0 Å². The van der Waals surface area contributed by atoms with E-state index in [9.17, 15) is 4.79 Å². The summed E-state index contributed by atoms with van der Waals surface area (Å²) >= 11 is 0. The highest BCUT2D eigenvalue weighted by molar-refractivity contribution is 5.89. The van der Waals surface area contributed by atoms with Crippen LogP contribution < -0.4 is 0 Å². The zero-order chi connectivity index (χ0) is 14.9. The predicted molar refractivity (Wildman–Crippen MR) is 84.3 cm³/mol. The summed E-state index contributed by atoms with van der Waals surface area (Å²) in [5.41, 5.74) is 3.38. The molecule has 0 N–H and O–H groups in total. The number of amides is 1. The molecule has 1 fully saturated rings. The highest BCUT2D eigenvalue weighted by atomic mass is 16.2. The maximum absolute atomic E-state index is 12.1. The second kappa shape index (κ2) is 5.11. The van der Waals surface area contributed by atoms with Crippen LogP contribution in [0.3, 0.4) is 0 Å². The molecule has 5 nitrogen and oxygen atoms in total. The summed E-state index contributed by atoms with van der Waals surface area (Å²) in [5.74, 6) is 0. The number of likely N-dealkylation sites (tertiary alicyclic amines) is 1. The SMILES string of the molecule is O=C(N1CC(=Cc2cccc3ncccc23)C1)n1ccnc1. The van der Waals surface area contributed by atoms with E-state index >= 15 is 0 Å². The molecule has 3 aromatic rings. The van der Waals surface area contributed by atoms with Crippen LogP contribution in [0.5, 0.6) is 0 Å². The van der Waals surface area contributed by atoms with Crippen molar-refractivity contribution in [3.63, 3.8) is 0 Å².